The predicted molar refractivity (Wildman–Crippen MR) is 158 cm³/mol. The molecule has 0 atom stereocenters. The average Bonchev–Trinajstić information content (AvgIpc) is 3.73. The van der Waals surface area contributed by atoms with Crippen LogP contribution in [0.4, 0.5) is 0 Å². The van der Waals surface area contributed by atoms with Gasteiger partial charge in [-0.1, -0.05) is 91.0 Å². The Balaban J connectivity index is 0.000000623. The zero-order chi connectivity index (χ0) is 27.1. The molecule has 0 heterocycles. The lowest BCUT2D eigenvalue weighted by molar-refractivity contribution is 0.0953. The van der Waals surface area contributed by atoms with Gasteiger partial charge in [-0.3, -0.25) is 4.79 Å². The van der Waals surface area contributed by atoms with Crippen LogP contribution < -0.4 is 10.6 Å². The fourth-order valence-corrected chi connectivity index (χ4v) is 3.32. The van der Waals surface area contributed by atoms with E-state index in [1.165, 1.54) is 18.4 Å². The number of halogens is 1. The summed E-state index contributed by atoms with van der Waals surface area (Å²) in [6.45, 7) is 18.7. The van der Waals surface area contributed by atoms with Gasteiger partial charge in [-0.25, -0.2) is 0 Å². The second-order valence-electron chi connectivity index (χ2n) is 8.47. The third kappa shape index (κ3) is 10.7. The number of nitrogens with one attached hydrogen (secondary N) is 2. The van der Waals surface area contributed by atoms with E-state index in [4.69, 9.17) is 0 Å². The molecule has 2 aromatic rings. The maximum atomic E-state index is 12.4. The summed E-state index contributed by atoms with van der Waals surface area (Å²) < 4.78 is 1.09. The molecule has 0 bridgehead atoms. The topological polar surface area (TPSA) is 61.4 Å². The first kappa shape index (κ1) is 31.0. The number of hydrogen-bond donors (Lipinski definition) is 3. The van der Waals surface area contributed by atoms with Crippen molar-refractivity contribution in [2.45, 2.75) is 53.4 Å². The van der Waals surface area contributed by atoms with E-state index in [0.29, 0.717) is 24.6 Å². The quantitative estimate of drug-likeness (QED) is 0.217. The highest BCUT2D eigenvalue weighted by molar-refractivity contribution is 9.11. The molecule has 3 rings (SSSR count). The predicted octanol–water partition coefficient (Wildman–Crippen LogP) is 8.09. The van der Waals surface area contributed by atoms with Crippen LogP contribution in [0.25, 0.3) is 5.57 Å². The molecule has 0 saturated heterocycles. The lowest BCUT2D eigenvalue weighted by atomic mass is 10.0. The van der Waals surface area contributed by atoms with E-state index < -0.39 is 0 Å². The van der Waals surface area contributed by atoms with Gasteiger partial charge in [0.2, 0.25) is 0 Å². The Morgan fingerprint density at radius 2 is 1.56 bits per heavy atom. The monoisotopic (exact) mass is 552 g/mol. The Kier molecular flexibility index (Phi) is 14.3. The molecule has 5 heteroatoms. The molecule has 4 nitrogen and oxygen atoms in total. The first-order valence-electron chi connectivity index (χ1n) is 12.5. The third-order valence-electron chi connectivity index (χ3n) is 5.33. The molecule has 36 heavy (non-hydrogen) atoms. The van der Waals surface area contributed by atoms with Gasteiger partial charge in [0.05, 0.1) is 0 Å². The lowest BCUT2D eigenvalue weighted by Crippen LogP contribution is -2.31. The molecule has 0 unspecified atom stereocenters. The highest BCUT2D eigenvalue weighted by Gasteiger charge is 2.27. The summed E-state index contributed by atoms with van der Waals surface area (Å²) in [6, 6.07) is 15.0. The summed E-state index contributed by atoms with van der Waals surface area (Å²) in [7, 11) is 0. The zero-order valence-electron chi connectivity index (χ0n) is 22.3. The van der Waals surface area contributed by atoms with Crippen molar-refractivity contribution >= 4 is 27.4 Å². The van der Waals surface area contributed by atoms with Gasteiger partial charge in [-0.2, -0.15) is 0 Å². The van der Waals surface area contributed by atoms with Gasteiger partial charge in [0.15, 0.2) is 0 Å². The van der Waals surface area contributed by atoms with E-state index >= 15 is 0 Å². The molecular weight excluding hydrogens is 512 g/mol. The van der Waals surface area contributed by atoms with Crippen molar-refractivity contribution in [1.29, 1.82) is 0 Å². The van der Waals surface area contributed by atoms with Crippen LogP contribution in [-0.2, 0) is 0 Å². The average molecular weight is 554 g/mol. The number of para-hydroxylation sites is 1. The van der Waals surface area contributed by atoms with Gasteiger partial charge in [-0.15, -0.1) is 0 Å². The van der Waals surface area contributed by atoms with Crippen LogP contribution in [0.3, 0.4) is 0 Å². The van der Waals surface area contributed by atoms with Crippen LogP contribution in [0.2, 0.25) is 0 Å². The highest BCUT2D eigenvalue weighted by atomic mass is 79.9. The molecular formula is C31H41BrN2O2. The SMILES string of the molecule is C=C(/C=C(\C)NCCNC(=O)c1ccccc1C1CC1)c1ccccc1O.C=CC(Br)=C(C)C.CC. The standard InChI is InChI=1S/C23H26N2O2.C6H9Br.C2H6/c1-16(19-7-5-6-10-22(19)26)15-17(2)24-13-14-25-23(27)21-9-4-3-8-20(21)18-11-12-18;1-4-6(7)5(2)3;1-2/h3-10,15,18,24,26H,1,11-14H2,2H3,(H,25,27);4H,1H2,2-3H3;1-2H3/b17-15+;;. The van der Waals surface area contributed by atoms with E-state index in [-0.39, 0.29) is 11.7 Å². The van der Waals surface area contributed by atoms with Gasteiger partial charge in [0, 0.05) is 34.4 Å². The molecule has 1 saturated carbocycles. The van der Waals surface area contributed by atoms with Crippen molar-refractivity contribution in [3.05, 3.63) is 106 Å². The zero-order valence-corrected chi connectivity index (χ0v) is 23.9. The molecule has 0 aliphatic heterocycles. The van der Waals surface area contributed by atoms with Gasteiger partial charge >= 0.3 is 0 Å². The minimum absolute atomic E-state index is 0.0143. The summed E-state index contributed by atoms with van der Waals surface area (Å²) >= 11 is 3.30. The molecule has 194 valence electrons. The molecule has 0 spiro atoms. The fourth-order valence-electron chi connectivity index (χ4n) is 3.32. The summed E-state index contributed by atoms with van der Waals surface area (Å²) in [5, 5.41) is 16.1. The summed E-state index contributed by atoms with van der Waals surface area (Å²) in [5.41, 5.74) is 5.59. The molecule has 1 amide bonds. The number of benzene rings is 2. The molecule has 0 aromatic heterocycles. The fraction of sp³-hybridized carbons (Fsp3) is 0.323. The van der Waals surface area contributed by atoms with Crippen LogP contribution in [-0.4, -0.2) is 24.1 Å². The van der Waals surface area contributed by atoms with Crippen LogP contribution in [0, 0.1) is 0 Å². The largest absolute Gasteiger partial charge is 0.507 e. The smallest absolute Gasteiger partial charge is 0.251 e. The Morgan fingerprint density at radius 3 is 2.08 bits per heavy atom. The first-order valence-corrected chi connectivity index (χ1v) is 13.3. The van der Waals surface area contributed by atoms with Gasteiger partial charge in [0.25, 0.3) is 5.91 Å². The van der Waals surface area contributed by atoms with Crippen LogP contribution in [0.5, 0.6) is 5.75 Å². The normalized spacial score (nSPS) is 12.1. The van der Waals surface area contributed by atoms with Crippen molar-refractivity contribution < 1.29 is 9.90 Å². The third-order valence-corrected chi connectivity index (χ3v) is 6.45. The van der Waals surface area contributed by atoms with Crippen molar-refractivity contribution in [2.75, 3.05) is 13.1 Å². The number of carbonyl (C=O) groups is 1. The maximum Gasteiger partial charge on any atom is 0.251 e. The number of phenols is 1. The Labute approximate surface area is 226 Å². The van der Waals surface area contributed by atoms with Crippen molar-refractivity contribution in [3.8, 4) is 5.75 Å². The highest BCUT2D eigenvalue weighted by Crippen LogP contribution is 2.41. The van der Waals surface area contributed by atoms with Crippen molar-refractivity contribution in [2.24, 2.45) is 0 Å². The van der Waals surface area contributed by atoms with Crippen molar-refractivity contribution in [1.82, 2.24) is 10.6 Å². The van der Waals surface area contributed by atoms with Gasteiger partial charge in [-0.05, 0) is 68.9 Å². The minimum Gasteiger partial charge on any atom is -0.507 e. The van der Waals surface area contributed by atoms with E-state index in [0.717, 1.165) is 26.9 Å². The number of carbonyl (C=O) groups excluding carboxylic acids is 1. The molecule has 0 radical (unpaired) electrons. The van der Waals surface area contributed by atoms with E-state index in [2.05, 4.69) is 45.8 Å². The Morgan fingerprint density at radius 1 is 1.00 bits per heavy atom. The number of aromatic hydroxyl groups is 1. The summed E-state index contributed by atoms with van der Waals surface area (Å²) in [6.07, 6.45) is 6.03. The Bertz CT molecular complexity index is 1080. The maximum absolute atomic E-state index is 12.4. The number of phenolic OH excluding ortho intramolecular Hbond substituents is 1. The second kappa shape index (κ2) is 16.6. The lowest BCUT2D eigenvalue weighted by Gasteiger charge is -2.11. The van der Waals surface area contributed by atoms with Crippen LogP contribution in [0.15, 0.2) is 89.6 Å². The van der Waals surface area contributed by atoms with Crippen LogP contribution in [0.1, 0.15) is 74.9 Å². The molecule has 3 N–H and O–H groups in total. The van der Waals surface area contributed by atoms with E-state index in [1.807, 2.05) is 71.0 Å². The molecule has 1 fully saturated rings. The first-order chi connectivity index (χ1) is 17.2. The summed E-state index contributed by atoms with van der Waals surface area (Å²) in [5.74, 6) is 0.753. The van der Waals surface area contributed by atoms with Gasteiger partial charge in [0.1, 0.15) is 5.75 Å². The molecule has 2 aromatic carbocycles. The summed E-state index contributed by atoms with van der Waals surface area (Å²) in [4.78, 5) is 12.4. The number of allylic oxidation sites excluding steroid dienone is 6. The molecule has 1 aliphatic carbocycles. The number of rotatable bonds is 9. The number of hydrogen-bond acceptors (Lipinski definition) is 3. The molecule has 1 aliphatic rings. The van der Waals surface area contributed by atoms with E-state index in [1.54, 1.807) is 18.2 Å². The van der Waals surface area contributed by atoms with E-state index in [9.17, 15) is 9.90 Å². The van der Waals surface area contributed by atoms with Crippen molar-refractivity contribution in [3.63, 3.8) is 0 Å². The second-order valence-corrected chi connectivity index (χ2v) is 9.32. The minimum atomic E-state index is -0.0143. The number of amides is 1. The van der Waals surface area contributed by atoms with Crippen LogP contribution >= 0.6 is 15.9 Å². The Hall–Kier alpha value is -3.05. The van der Waals surface area contributed by atoms with Gasteiger partial charge < -0.3 is 15.7 Å².